The van der Waals surface area contributed by atoms with Crippen LogP contribution in [0.5, 0.6) is 0 Å². The van der Waals surface area contributed by atoms with Crippen LogP contribution in [0.15, 0.2) is 36.4 Å². The van der Waals surface area contributed by atoms with Crippen LogP contribution in [-0.4, -0.2) is 27.4 Å². The number of aryl methyl sites for hydroxylation is 3. The highest BCUT2D eigenvalue weighted by atomic mass is 16.2. The van der Waals surface area contributed by atoms with Gasteiger partial charge in [-0.25, -0.2) is 4.68 Å². The first-order valence-electron chi connectivity index (χ1n) is 8.42. The Balaban J connectivity index is 1.75. The molecule has 5 nitrogen and oxygen atoms in total. The van der Waals surface area contributed by atoms with Gasteiger partial charge in [0.25, 0.3) is 5.91 Å². The molecule has 1 aliphatic heterocycles. The number of aromatic nitrogens is 3. The average molecular weight is 320 g/mol. The van der Waals surface area contributed by atoms with Crippen molar-refractivity contribution >= 4 is 22.6 Å². The van der Waals surface area contributed by atoms with E-state index in [1.165, 1.54) is 5.56 Å². The van der Waals surface area contributed by atoms with Gasteiger partial charge in [0.1, 0.15) is 5.52 Å². The maximum atomic E-state index is 13.1. The van der Waals surface area contributed by atoms with Crippen LogP contribution in [0.2, 0.25) is 0 Å². The molecule has 0 spiro atoms. The zero-order valence-corrected chi connectivity index (χ0v) is 14.0. The molecule has 0 unspecified atom stereocenters. The Hall–Kier alpha value is -2.69. The average Bonchev–Trinajstić information content (AvgIpc) is 3.03. The molecule has 2 heterocycles. The highest BCUT2D eigenvalue weighted by molar-refractivity contribution is 6.08. The van der Waals surface area contributed by atoms with Gasteiger partial charge in [-0.15, -0.1) is 5.10 Å². The van der Waals surface area contributed by atoms with E-state index in [0.29, 0.717) is 5.56 Å². The Morgan fingerprint density at radius 1 is 1.25 bits per heavy atom. The van der Waals surface area contributed by atoms with Gasteiger partial charge in [0.15, 0.2) is 0 Å². The number of anilines is 1. The molecule has 24 heavy (non-hydrogen) atoms. The normalized spacial score (nSPS) is 14.0. The summed E-state index contributed by atoms with van der Waals surface area (Å²) in [5.41, 5.74) is 5.88. The fraction of sp³-hybridized carbons (Fsp3) is 0.316. The van der Waals surface area contributed by atoms with Crippen molar-refractivity contribution in [3.63, 3.8) is 0 Å². The van der Waals surface area contributed by atoms with Crippen molar-refractivity contribution in [2.24, 2.45) is 0 Å². The molecule has 0 saturated heterocycles. The second-order valence-electron chi connectivity index (χ2n) is 6.25. The van der Waals surface area contributed by atoms with Gasteiger partial charge in [-0.2, -0.15) is 0 Å². The highest BCUT2D eigenvalue weighted by Gasteiger charge is 2.25. The zero-order valence-electron chi connectivity index (χ0n) is 14.0. The summed E-state index contributed by atoms with van der Waals surface area (Å²) in [4.78, 5) is 15.0. The van der Waals surface area contributed by atoms with Gasteiger partial charge in [0.2, 0.25) is 0 Å². The fourth-order valence-corrected chi connectivity index (χ4v) is 3.54. The summed E-state index contributed by atoms with van der Waals surface area (Å²) < 4.78 is 1.84. The van der Waals surface area contributed by atoms with Crippen molar-refractivity contribution in [3.8, 4) is 0 Å². The molecule has 1 amide bonds. The van der Waals surface area contributed by atoms with Gasteiger partial charge >= 0.3 is 0 Å². The van der Waals surface area contributed by atoms with Crippen molar-refractivity contribution in [1.29, 1.82) is 0 Å². The topological polar surface area (TPSA) is 51.0 Å². The molecule has 1 aromatic heterocycles. The fourth-order valence-electron chi connectivity index (χ4n) is 3.54. The summed E-state index contributed by atoms with van der Waals surface area (Å²) in [6.07, 6.45) is 2.03. The molecule has 3 aromatic rings. The highest BCUT2D eigenvalue weighted by Crippen LogP contribution is 2.31. The first-order chi connectivity index (χ1) is 11.7. The van der Waals surface area contributed by atoms with Gasteiger partial charge in [-0.1, -0.05) is 23.4 Å². The Kier molecular flexibility index (Phi) is 3.56. The van der Waals surface area contributed by atoms with E-state index in [0.717, 1.165) is 48.2 Å². The maximum absolute atomic E-state index is 13.1. The third-order valence-electron chi connectivity index (χ3n) is 4.72. The van der Waals surface area contributed by atoms with Gasteiger partial charge in [0, 0.05) is 18.7 Å². The monoisotopic (exact) mass is 320 g/mol. The Morgan fingerprint density at radius 2 is 2.12 bits per heavy atom. The van der Waals surface area contributed by atoms with Gasteiger partial charge in [0.05, 0.1) is 11.2 Å². The Labute approximate surface area is 140 Å². The molecule has 2 aromatic carbocycles. The summed E-state index contributed by atoms with van der Waals surface area (Å²) in [6.45, 7) is 5.62. The van der Waals surface area contributed by atoms with Crippen molar-refractivity contribution in [3.05, 3.63) is 53.1 Å². The molecule has 0 saturated carbocycles. The standard InChI is InChI=1S/C19H20N4O/c1-3-23-17-10-9-15(12-16(17)20-21-23)19(24)22-11-5-8-14-7-4-6-13(2)18(14)22/h4,6-7,9-10,12H,3,5,8,11H2,1-2H3. The van der Waals surface area contributed by atoms with E-state index in [2.05, 4.69) is 35.4 Å². The molecule has 5 heteroatoms. The van der Waals surface area contributed by atoms with Crippen LogP contribution in [0.3, 0.4) is 0 Å². The Bertz CT molecular complexity index is 928. The molecule has 0 N–H and O–H groups in total. The number of fused-ring (bicyclic) bond motifs is 2. The molecule has 0 atom stereocenters. The van der Waals surface area contributed by atoms with Crippen LogP contribution in [0, 0.1) is 6.92 Å². The number of rotatable bonds is 2. The lowest BCUT2D eigenvalue weighted by Gasteiger charge is -2.31. The predicted octanol–water partition coefficient (Wildman–Crippen LogP) is 3.35. The van der Waals surface area contributed by atoms with E-state index in [1.807, 2.05) is 34.7 Å². The number of amides is 1. The second-order valence-corrected chi connectivity index (χ2v) is 6.25. The summed E-state index contributed by atoms with van der Waals surface area (Å²) in [7, 11) is 0. The number of carbonyl (C=O) groups excluding carboxylic acids is 1. The van der Waals surface area contributed by atoms with Crippen LogP contribution in [0.4, 0.5) is 5.69 Å². The van der Waals surface area contributed by atoms with E-state index < -0.39 is 0 Å². The van der Waals surface area contributed by atoms with E-state index in [4.69, 9.17) is 0 Å². The zero-order chi connectivity index (χ0) is 16.7. The van der Waals surface area contributed by atoms with Gasteiger partial charge in [-0.3, -0.25) is 4.79 Å². The maximum Gasteiger partial charge on any atom is 0.258 e. The SMILES string of the molecule is CCn1nnc2cc(C(=O)N3CCCc4cccc(C)c43)ccc21. The van der Waals surface area contributed by atoms with Crippen molar-refractivity contribution in [2.75, 3.05) is 11.4 Å². The van der Waals surface area contributed by atoms with Crippen molar-refractivity contribution in [2.45, 2.75) is 33.2 Å². The number of para-hydroxylation sites is 1. The van der Waals surface area contributed by atoms with E-state index in [9.17, 15) is 4.79 Å². The van der Waals surface area contributed by atoms with E-state index >= 15 is 0 Å². The summed E-state index contributed by atoms with van der Waals surface area (Å²) in [6, 6.07) is 11.9. The minimum Gasteiger partial charge on any atom is -0.308 e. The van der Waals surface area contributed by atoms with Crippen LogP contribution in [0.1, 0.15) is 34.8 Å². The number of hydrogen-bond acceptors (Lipinski definition) is 3. The number of nitrogens with zero attached hydrogens (tertiary/aromatic N) is 4. The molecular weight excluding hydrogens is 300 g/mol. The minimum atomic E-state index is 0.0400. The molecule has 0 radical (unpaired) electrons. The summed E-state index contributed by atoms with van der Waals surface area (Å²) >= 11 is 0. The van der Waals surface area contributed by atoms with Gasteiger partial charge < -0.3 is 4.90 Å². The summed E-state index contributed by atoms with van der Waals surface area (Å²) in [5, 5.41) is 8.30. The number of carbonyl (C=O) groups is 1. The largest absolute Gasteiger partial charge is 0.308 e. The number of benzene rings is 2. The molecule has 4 rings (SSSR count). The van der Waals surface area contributed by atoms with Crippen molar-refractivity contribution < 1.29 is 4.79 Å². The second kappa shape index (κ2) is 5.74. The molecule has 0 aliphatic carbocycles. The van der Waals surface area contributed by atoms with Crippen molar-refractivity contribution in [1.82, 2.24) is 15.0 Å². The van der Waals surface area contributed by atoms with Crippen LogP contribution < -0.4 is 4.90 Å². The van der Waals surface area contributed by atoms with Gasteiger partial charge in [-0.05, 0) is 56.0 Å². The quantitative estimate of drug-likeness (QED) is 0.727. The predicted molar refractivity (Wildman–Crippen MR) is 94.4 cm³/mol. The molecule has 0 fully saturated rings. The smallest absolute Gasteiger partial charge is 0.258 e. The first-order valence-corrected chi connectivity index (χ1v) is 8.42. The number of hydrogen-bond donors (Lipinski definition) is 0. The lowest BCUT2D eigenvalue weighted by molar-refractivity contribution is 0.0985. The summed E-state index contributed by atoms with van der Waals surface area (Å²) in [5.74, 6) is 0.0400. The minimum absolute atomic E-state index is 0.0400. The molecular formula is C19H20N4O. The van der Waals surface area contributed by atoms with Crippen LogP contribution >= 0.6 is 0 Å². The Morgan fingerprint density at radius 3 is 2.96 bits per heavy atom. The van der Waals surface area contributed by atoms with Crippen LogP contribution in [-0.2, 0) is 13.0 Å². The lowest BCUT2D eigenvalue weighted by Crippen LogP contribution is -2.36. The van der Waals surface area contributed by atoms with E-state index in [-0.39, 0.29) is 5.91 Å². The van der Waals surface area contributed by atoms with E-state index in [1.54, 1.807) is 0 Å². The third-order valence-corrected chi connectivity index (χ3v) is 4.72. The third kappa shape index (κ3) is 2.28. The molecule has 0 bridgehead atoms. The first kappa shape index (κ1) is 14.9. The lowest BCUT2D eigenvalue weighted by atomic mass is 9.97. The molecule has 122 valence electrons. The molecule has 1 aliphatic rings. The van der Waals surface area contributed by atoms with Crippen LogP contribution in [0.25, 0.3) is 11.0 Å².